The minimum atomic E-state index is -0.510. The van der Waals surface area contributed by atoms with E-state index in [0.717, 1.165) is 0 Å². The van der Waals surface area contributed by atoms with Crippen molar-refractivity contribution in [2.75, 3.05) is 18.1 Å². The highest BCUT2D eigenvalue weighted by atomic mass is 16.6. The largest absolute Gasteiger partial charge is 0.482 e. The Morgan fingerprint density at radius 3 is 2.75 bits per heavy atom. The number of rotatable bonds is 3. The first-order chi connectivity index (χ1) is 9.37. The zero-order valence-corrected chi connectivity index (χ0v) is 12.0. The Balaban J connectivity index is 2.02. The van der Waals surface area contributed by atoms with Gasteiger partial charge in [0.25, 0.3) is 5.91 Å². The van der Waals surface area contributed by atoms with Gasteiger partial charge in [0.1, 0.15) is 11.4 Å². The molecule has 2 rings (SSSR count). The Labute approximate surface area is 118 Å². The topological polar surface area (TPSA) is 55.8 Å². The summed E-state index contributed by atoms with van der Waals surface area (Å²) in [4.78, 5) is 25.2. The molecule has 20 heavy (non-hydrogen) atoms. The molecule has 5 heteroatoms. The SMILES string of the molecule is CC(C)(C)OC(=O)CCN1C(=O)COc2ccccc21. The van der Waals surface area contributed by atoms with Gasteiger partial charge < -0.3 is 14.4 Å². The fourth-order valence-electron chi connectivity index (χ4n) is 1.99. The van der Waals surface area contributed by atoms with Gasteiger partial charge >= 0.3 is 5.97 Å². The maximum Gasteiger partial charge on any atom is 0.308 e. The highest BCUT2D eigenvalue weighted by Gasteiger charge is 2.26. The van der Waals surface area contributed by atoms with Crippen LogP contribution >= 0.6 is 0 Å². The number of esters is 1. The van der Waals surface area contributed by atoms with Crippen LogP contribution in [0.4, 0.5) is 5.69 Å². The van der Waals surface area contributed by atoms with E-state index in [0.29, 0.717) is 18.0 Å². The summed E-state index contributed by atoms with van der Waals surface area (Å²) in [5, 5.41) is 0. The van der Waals surface area contributed by atoms with E-state index in [1.807, 2.05) is 45.0 Å². The summed E-state index contributed by atoms with van der Waals surface area (Å²) >= 11 is 0. The lowest BCUT2D eigenvalue weighted by atomic mass is 10.2. The molecule has 1 heterocycles. The van der Waals surface area contributed by atoms with Gasteiger partial charge in [0.05, 0.1) is 12.1 Å². The highest BCUT2D eigenvalue weighted by molar-refractivity contribution is 5.98. The van der Waals surface area contributed by atoms with Gasteiger partial charge in [-0.25, -0.2) is 0 Å². The summed E-state index contributed by atoms with van der Waals surface area (Å²) in [5.74, 6) is 0.206. The molecule has 0 atom stereocenters. The number of hydrogen-bond acceptors (Lipinski definition) is 4. The maximum atomic E-state index is 11.9. The number of para-hydroxylation sites is 2. The molecule has 0 spiro atoms. The van der Waals surface area contributed by atoms with Crippen molar-refractivity contribution < 1.29 is 19.1 Å². The van der Waals surface area contributed by atoms with Gasteiger partial charge in [0.2, 0.25) is 0 Å². The lowest BCUT2D eigenvalue weighted by molar-refractivity contribution is -0.154. The first-order valence-corrected chi connectivity index (χ1v) is 6.61. The van der Waals surface area contributed by atoms with E-state index in [1.165, 1.54) is 0 Å². The second kappa shape index (κ2) is 5.53. The van der Waals surface area contributed by atoms with Gasteiger partial charge in [0.15, 0.2) is 6.61 Å². The van der Waals surface area contributed by atoms with Crippen LogP contribution < -0.4 is 9.64 Å². The number of anilines is 1. The van der Waals surface area contributed by atoms with E-state index in [9.17, 15) is 9.59 Å². The lowest BCUT2D eigenvalue weighted by Gasteiger charge is -2.29. The number of carbonyl (C=O) groups excluding carboxylic acids is 2. The smallest absolute Gasteiger partial charge is 0.308 e. The Morgan fingerprint density at radius 1 is 1.35 bits per heavy atom. The van der Waals surface area contributed by atoms with Crippen LogP contribution in [0.15, 0.2) is 24.3 Å². The first-order valence-electron chi connectivity index (χ1n) is 6.61. The van der Waals surface area contributed by atoms with Crippen LogP contribution in [0.5, 0.6) is 5.75 Å². The maximum absolute atomic E-state index is 11.9. The van der Waals surface area contributed by atoms with Crippen LogP contribution in [0.2, 0.25) is 0 Å². The van der Waals surface area contributed by atoms with E-state index in [2.05, 4.69) is 0 Å². The molecule has 1 aromatic rings. The van der Waals surface area contributed by atoms with E-state index >= 15 is 0 Å². The third-order valence-corrected chi connectivity index (χ3v) is 2.77. The third-order valence-electron chi connectivity index (χ3n) is 2.77. The second-order valence-corrected chi connectivity index (χ2v) is 5.64. The van der Waals surface area contributed by atoms with Crippen molar-refractivity contribution in [3.05, 3.63) is 24.3 Å². The van der Waals surface area contributed by atoms with Crippen LogP contribution in [0, 0.1) is 0 Å². The van der Waals surface area contributed by atoms with Crippen LogP contribution in [0.1, 0.15) is 27.2 Å². The van der Waals surface area contributed by atoms with Crippen LogP contribution in [-0.4, -0.2) is 30.6 Å². The highest BCUT2D eigenvalue weighted by Crippen LogP contribution is 2.31. The summed E-state index contributed by atoms with van der Waals surface area (Å²) in [6, 6.07) is 7.30. The third kappa shape index (κ3) is 3.50. The van der Waals surface area contributed by atoms with E-state index in [1.54, 1.807) is 4.90 Å². The molecule has 0 saturated heterocycles. The van der Waals surface area contributed by atoms with Crippen molar-refractivity contribution in [2.45, 2.75) is 32.8 Å². The van der Waals surface area contributed by atoms with E-state index < -0.39 is 5.60 Å². The normalized spacial score (nSPS) is 14.6. The Morgan fingerprint density at radius 2 is 2.05 bits per heavy atom. The standard InChI is InChI=1S/C15H19NO4/c1-15(2,3)20-14(18)8-9-16-11-6-4-5-7-12(11)19-10-13(16)17/h4-7H,8-10H2,1-3H3. The monoisotopic (exact) mass is 277 g/mol. The predicted octanol–water partition coefficient (Wildman–Crippen LogP) is 2.14. The fourth-order valence-corrected chi connectivity index (χ4v) is 1.99. The zero-order valence-electron chi connectivity index (χ0n) is 12.0. The van der Waals surface area contributed by atoms with Gasteiger partial charge in [-0.1, -0.05) is 12.1 Å². The van der Waals surface area contributed by atoms with Crippen LogP contribution in [0.25, 0.3) is 0 Å². The molecule has 0 radical (unpaired) electrons. The average Bonchev–Trinajstić information content (AvgIpc) is 2.35. The van der Waals surface area contributed by atoms with Crippen molar-refractivity contribution in [3.63, 3.8) is 0 Å². The zero-order chi connectivity index (χ0) is 14.8. The molecule has 1 aliphatic rings. The van der Waals surface area contributed by atoms with Crippen molar-refractivity contribution in [2.24, 2.45) is 0 Å². The van der Waals surface area contributed by atoms with Gasteiger partial charge in [-0.15, -0.1) is 0 Å². The van der Waals surface area contributed by atoms with E-state index in [-0.39, 0.29) is 24.9 Å². The number of fused-ring (bicyclic) bond motifs is 1. The van der Waals surface area contributed by atoms with Crippen molar-refractivity contribution in [3.8, 4) is 5.75 Å². The molecule has 0 aromatic heterocycles. The molecule has 5 nitrogen and oxygen atoms in total. The number of nitrogens with zero attached hydrogens (tertiary/aromatic N) is 1. The predicted molar refractivity (Wildman–Crippen MR) is 74.8 cm³/mol. The summed E-state index contributed by atoms with van der Waals surface area (Å²) < 4.78 is 10.6. The van der Waals surface area contributed by atoms with Crippen molar-refractivity contribution in [1.29, 1.82) is 0 Å². The van der Waals surface area contributed by atoms with Crippen molar-refractivity contribution in [1.82, 2.24) is 0 Å². The molecule has 1 aromatic carbocycles. The summed E-state index contributed by atoms with van der Waals surface area (Å²) in [5.41, 5.74) is 0.191. The van der Waals surface area contributed by atoms with Gasteiger partial charge in [-0.05, 0) is 32.9 Å². The number of ether oxygens (including phenoxy) is 2. The van der Waals surface area contributed by atoms with Crippen LogP contribution in [-0.2, 0) is 14.3 Å². The number of benzene rings is 1. The average molecular weight is 277 g/mol. The molecule has 1 amide bonds. The van der Waals surface area contributed by atoms with Crippen molar-refractivity contribution >= 4 is 17.6 Å². The van der Waals surface area contributed by atoms with Crippen LogP contribution in [0.3, 0.4) is 0 Å². The molecule has 0 bridgehead atoms. The molecule has 0 unspecified atom stereocenters. The second-order valence-electron chi connectivity index (χ2n) is 5.64. The summed E-state index contributed by atoms with van der Waals surface area (Å²) in [6.07, 6.45) is 0.164. The molecule has 0 saturated carbocycles. The molecule has 0 fully saturated rings. The summed E-state index contributed by atoms with van der Waals surface area (Å²) in [6.45, 7) is 5.76. The minimum Gasteiger partial charge on any atom is -0.482 e. The fraction of sp³-hybridized carbons (Fsp3) is 0.467. The van der Waals surface area contributed by atoms with E-state index in [4.69, 9.17) is 9.47 Å². The number of hydrogen-bond donors (Lipinski definition) is 0. The Bertz CT molecular complexity index is 519. The molecule has 108 valence electrons. The quantitative estimate of drug-likeness (QED) is 0.794. The summed E-state index contributed by atoms with van der Waals surface area (Å²) in [7, 11) is 0. The van der Waals surface area contributed by atoms with Gasteiger partial charge in [-0.2, -0.15) is 0 Å². The number of amides is 1. The Kier molecular flexibility index (Phi) is 3.97. The molecule has 0 aliphatic carbocycles. The minimum absolute atomic E-state index is 0.00529. The molecular weight excluding hydrogens is 258 g/mol. The molecular formula is C15H19NO4. The number of carbonyl (C=O) groups is 2. The molecule has 1 aliphatic heterocycles. The van der Waals surface area contributed by atoms with Gasteiger partial charge in [-0.3, -0.25) is 9.59 Å². The lowest BCUT2D eigenvalue weighted by Crippen LogP contribution is -2.40. The first kappa shape index (κ1) is 14.4. The molecule has 0 N–H and O–H groups in total. The van der Waals surface area contributed by atoms with Gasteiger partial charge in [0, 0.05) is 6.54 Å². The Hall–Kier alpha value is -2.04.